The number of hydrogen-bond acceptors (Lipinski definition) is 3. The number of sulfonamides is 1. The lowest BCUT2D eigenvalue weighted by atomic mass is 10.0. The summed E-state index contributed by atoms with van der Waals surface area (Å²) in [7, 11) is -3.42. The first-order valence-corrected chi connectivity index (χ1v) is 11.6. The fourth-order valence-corrected chi connectivity index (χ4v) is 3.66. The molecule has 0 bridgehead atoms. The third kappa shape index (κ3) is 5.22. The van der Waals surface area contributed by atoms with E-state index < -0.39 is 14.8 Å². The van der Waals surface area contributed by atoms with Crippen LogP contribution in [0.15, 0.2) is 66.7 Å². The van der Waals surface area contributed by atoms with Gasteiger partial charge in [0.2, 0.25) is 10.0 Å². The minimum atomic E-state index is -3.42. The fraction of sp³-hybridized carbons (Fsp3) is 0.280. The van der Waals surface area contributed by atoms with Gasteiger partial charge >= 0.3 is 0 Å². The predicted molar refractivity (Wildman–Crippen MR) is 127 cm³/mol. The highest BCUT2D eigenvalue weighted by atomic mass is 32.2. The Morgan fingerprint density at radius 3 is 1.87 bits per heavy atom. The molecule has 0 atom stereocenters. The topological polar surface area (TPSA) is 58.2 Å². The maximum atomic E-state index is 12.3. The monoisotopic (exact) mass is 422 g/mol. The van der Waals surface area contributed by atoms with Crippen LogP contribution in [0.25, 0.3) is 11.1 Å². The summed E-state index contributed by atoms with van der Waals surface area (Å²) in [6.45, 7) is 9.96. The van der Waals surface area contributed by atoms with Crippen LogP contribution in [0, 0.1) is 13.8 Å². The lowest BCUT2D eigenvalue weighted by Gasteiger charge is -2.20. The van der Waals surface area contributed by atoms with Crippen LogP contribution in [0.1, 0.15) is 37.5 Å². The van der Waals surface area contributed by atoms with Crippen molar-refractivity contribution >= 4 is 21.4 Å². The molecule has 5 heteroatoms. The van der Waals surface area contributed by atoms with Crippen molar-refractivity contribution in [2.24, 2.45) is 0 Å². The van der Waals surface area contributed by atoms with Gasteiger partial charge in [-0.3, -0.25) is 4.72 Å². The van der Waals surface area contributed by atoms with Gasteiger partial charge in [0.05, 0.1) is 4.75 Å². The van der Waals surface area contributed by atoms with Crippen LogP contribution in [-0.2, 0) is 16.6 Å². The van der Waals surface area contributed by atoms with Gasteiger partial charge in [0.15, 0.2) is 0 Å². The molecule has 158 valence electrons. The van der Waals surface area contributed by atoms with Crippen LogP contribution < -0.4 is 10.0 Å². The predicted octanol–water partition coefficient (Wildman–Crippen LogP) is 6.12. The van der Waals surface area contributed by atoms with Crippen LogP contribution in [0.3, 0.4) is 0 Å². The van der Waals surface area contributed by atoms with E-state index in [2.05, 4.69) is 66.4 Å². The molecule has 0 saturated carbocycles. The van der Waals surface area contributed by atoms with Crippen molar-refractivity contribution in [1.82, 2.24) is 0 Å². The van der Waals surface area contributed by atoms with Crippen molar-refractivity contribution < 1.29 is 8.42 Å². The molecule has 0 amide bonds. The second kappa shape index (κ2) is 8.52. The molecular weight excluding hydrogens is 392 g/mol. The van der Waals surface area contributed by atoms with Crippen molar-refractivity contribution in [3.05, 3.63) is 83.4 Å². The van der Waals surface area contributed by atoms with Crippen LogP contribution >= 0.6 is 0 Å². The van der Waals surface area contributed by atoms with Gasteiger partial charge in [-0.2, -0.15) is 0 Å². The summed E-state index contributed by atoms with van der Waals surface area (Å²) in [5.41, 5.74) is 7.70. The Morgan fingerprint density at radius 1 is 0.733 bits per heavy atom. The van der Waals surface area contributed by atoms with E-state index in [-0.39, 0.29) is 0 Å². The van der Waals surface area contributed by atoms with E-state index >= 15 is 0 Å². The highest BCUT2D eigenvalue weighted by Gasteiger charge is 2.28. The Bertz CT molecular complexity index is 1110. The molecule has 0 aliphatic rings. The van der Waals surface area contributed by atoms with Gasteiger partial charge in [-0.1, -0.05) is 42.5 Å². The number of aryl methyl sites for hydroxylation is 2. The van der Waals surface area contributed by atoms with E-state index in [1.807, 2.05) is 12.1 Å². The first kappa shape index (κ1) is 21.9. The van der Waals surface area contributed by atoms with E-state index in [4.69, 9.17) is 0 Å². The molecule has 4 nitrogen and oxygen atoms in total. The summed E-state index contributed by atoms with van der Waals surface area (Å²) in [4.78, 5) is 0. The highest BCUT2D eigenvalue weighted by molar-refractivity contribution is 7.94. The number of rotatable bonds is 6. The SMILES string of the molecule is Cc1ccc(-c2ccc(NCc3ccc(NS(=O)(=O)C(C)(C)C)cc3)cc2)cc1C. The van der Waals surface area contributed by atoms with Crippen molar-refractivity contribution in [3.8, 4) is 11.1 Å². The van der Waals surface area contributed by atoms with Crippen molar-refractivity contribution in [2.75, 3.05) is 10.0 Å². The third-order valence-corrected chi connectivity index (χ3v) is 7.35. The number of hydrogen-bond donors (Lipinski definition) is 2. The van der Waals surface area contributed by atoms with E-state index in [1.165, 1.54) is 22.3 Å². The van der Waals surface area contributed by atoms with E-state index in [0.29, 0.717) is 12.2 Å². The maximum absolute atomic E-state index is 12.3. The summed E-state index contributed by atoms with van der Waals surface area (Å²) in [5, 5.41) is 3.41. The summed E-state index contributed by atoms with van der Waals surface area (Å²) in [5.74, 6) is 0. The average Bonchev–Trinajstić information content (AvgIpc) is 2.69. The lowest BCUT2D eigenvalue weighted by molar-refractivity contribution is 0.566. The largest absolute Gasteiger partial charge is 0.381 e. The molecule has 0 fully saturated rings. The number of benzene rings is 3. The average molecular weight is 423 g/mol. The molecule has 0 spiro atoms. The maximum Gasteiger partial charge on any atom is 0.237 e. The Hall–Kier alpha value is -2.79. The number of anilines is 2. The second-order valence-electron chi connectivity index (χ2n) is 8.64. The Balaban J connectivity index is 1.61. The van der Waals surface area contributed by atoms with Gasteiger partial charge < -0.3 is 5.32 Å². The molecule has 2 N–H and O–H groups in total. The van der Waals surface area contributed by atoms with Crippen LogP contribution in [0.5, 0.6) is 0 Å². The minimum Gasteiger partial charge on any atom is -0.381 e. The fourth-order valence-electron chi connectivity index (χ4n) is 2.90. The summed E-state index contributed by atoms with van der Waals surface area (Å²) >= 11 is 0. The van der Waals surface area contributed by atoms with Crippen molar-refractivity contribution in [1.29, 1.82) is 0 Å². The van der Waals surface area contributed by atoms with Crippen LogP contribution in [0.4, 0.5) is 11.4 Å². The van der Waals surface area contributed by atoms with E-state index in [1.54, 1.807) is 32.9 Å². The normalized spacial score (nSPS) is 11.9. The molecule has 0 unspecified atom stereocenters. The highest BCUT2D eigenvalue weighted by Crippen LogP contribution is 2.24. The summed E-state index contributed by atoms with van der Waals surface area (Å²) < 4.78 is 26.3. The zero-order valence-electron chi connectivity index (χ0n) is 18.3. The molecule has 0 aliphatic carbocycles. The molecule has 0 aromatic heterocycles. The Kier molecular flexibility index (Phi) is 6.22. The van der Waals surface area contributed by atoms with Crippen LogP contribution in [0.2, 0.25) is 0 Å². The molecule has 30 heavy (non-hydrogen) atoms. The Labute approximate surface area is 180 Å². The first-order chi connectivity index (χ1) is 14.0. The van der Waals surface area contributed by atoms with Gasteiger partial charge in [-0.25, -0.2) is 8.42 Å². The van der Waals surface area contributed by atoms with E-state index in [9.17, 15) is 8.42 Å². The lowest BCUT2D eigenvalue weighted by Crippen LogP contribution is -2.33. The zero-order chi connectivity index (χ0) is 21.9. The smallest absolute Gasteiger partial charge is 0.237 e. The molecule has 3 rings (SSSR count). The molecule has 3 aromatic carbocycles. The summed E-state index contributed by atoms with van der Waals surface area (Å²) in [6.07, 6.45) is 0. The molecule has 0 radical (unpaired) electrons. The molecular formula is C25H30N2O2S. The number of nitrogens with one attached hydrogen (secondary N) is 2. The van der Waals surface area contributed by atoms with Crippen molar-refractivity contribution in [3.63, 3.8) is 0 Å². The third-order valence-electron chi connectivity index (χ3n) is 5.23. The van der Waals surface area contributed by atoms with Crippen LogP contribution in [-0.4, -0.2) is 13.2 Å². The van der Waals surface area contributed by atoms with Gasteiger partial charge in [-0.05, 0) is 86.7 Å². The van der Waals surface area contributed by atoms with E-state index in [0.717, 1.165) is 11.3 Å². The molecule has 0 saturated heterocycles. The first-order valence-electron chi connectivity index (χ1n) is 10.1. The van der Waals surface area contributed by atoms with Gasteiger partial charge in [0, 0.05) is 17.9 Å². The molecule has 0 heterocycles. The van der Waals surface area contributed by atoms with Crippen molar-refractivity contribution in [2.45, 2.75) is 45.9 Å². The second-order valence-corrected chi connectivity index (χ2v) is 11.1. The molecule has 0 aliphatic heterocycles. The zero-order valence-corrected chi connectivity index (χ0v) is 19.1. The standard InChI is InChI=1S/C25H30N2O2S/c1-18-6-9-22(16-19(18)2)21-10-14-23(15-11-21)26-17-20-7-12-24(13-8-20)27-30(28,29)25(3,4)5/h6-16,26-27H,17H2,1-5H3. The summed E-state index contributed by atoms with van der Waals surface area (Å²) in [6, 6.07) is 22.4. The van der Waals surface area contributed by atoms with Gasteiger partial charge in [0.25, 0.3) is 0 Å². The minimum absolute atomic E-state index is 0.575. The quantitative estimate of drug-likeness (QED) is 0.503. The Morgan fingerprint density at radius 2 is 1.30 bits per heavy atom. The molecule has 3 aromatic rings. The van der Waals surface area contributed by atoms with Gasteiger partial charge in [0.1, 0.15) is 0 Å². The van der Waals surface area contributed by atoms with Gasteiger partial charge in [-0.15, -0.1) is 0 Å².